The molecule has 3 aromatic rings. The maximum atomic E-state index is 13.4. The Bertz CT molecular complexity index is 1340. The van der Waals surface area contributed by atoms with Crippen molar-refractivity contribution >= 4 is 45.0 Å². The van der Waals surface area contributed by atoms with Gasteiger partial charge in [-0.05, 0) is 48.7 Å². The molecule has 184 valence electrons. The number of amides is 1. The van der Waals surface area contributed by atoms with Crippen molar-refractivity contribution in [2.75, 3.05) is 13.2 Å². The number of carboxylic acids is 1. The molecule has 4 rings (SSSR count). The van der Waals surface area contributed by atoms with E-state index in [4.69, 9.17) is 16.3 Å². The number of alkyl carbamates (subject to hydrolysis) is 1. The number of hydrogen-bond acceptors (Lipinski definition) is 6. The number of carbonyl (C=O) groups is 2. The van der Waals surface area contributed by atoms with Gasteiger partial charge in [0.05, 0.1) is 6.61 Å². The van der Waals surface area contributed by atoms with Crippen molar-refractivity contribution in [3.63, 3.8) is 0 Å². The molecule has 0 saturated heterocycles. The maximum Gasteiger partial charge on any atom is 0.407 e. The molecule has 1 heterocycles. The molecule has 0 aliphatic heterocycles. The van der Waals surface area contributed by atoms with E-state index in [0.29, 0.717) is 15.5 Å². The number of carboxylic acid groups (broad SMARTS) is 1. The quantitative estimate of drug-likeness (QED) is 0.377. The SMILES string of the molecule is CCOC(=O)NC[C@@]1(c2ccccc2)CC1(NS(=O)(=O)c1ccc(-c2ccc(Cl)cc2)s1)C(=O)O. The highest BCUT2D eigenvalue weighted by Crippen LogP contribution is 2.58. The summed E-state index contributed by atoms with van der Waals surface area (Å²) >= 11 is 6.96. The number of benzene rings is 2. The topological polar surface area (TPSA) is 122 Å². The van der Waals surface area contributed by atoms with Gasteiger partial charge in [-0.3, -0.25) is 4.79 Å². The molecule has 2 atom stereocenters. The van der Waals surface area contributed by atoms with Crippen LogP contribution in [0.2, 0.25) is 5.02 Å². The minimum Gasteiger partial charge on any atom is -0.480 e. The van der Waals surface area contributed by atoms with Crippen LogP contribution >= 0.6 is 22.9 Å². The molecule has 1 fully saturated rings. The molecule has 1 amide bonds. The van der Waals surface area contributed by atoms with Crippen LogP contribution in [-0.4, -0.2) is 44.3 Å². The Labute approximate surface area is 211 Å². The van der Waals surface area contributed by atoms with Gasteiger partial charge in [0.15, 0.2) is 0 Å². The maximum absolute atomic E-state index is 13.4. The number of nitrogens with one attached hydrogen (secondary N) is 2. The molecule has 1 aromatic heterocycles. The van der Waals surface area contributed by atoms with E-state index in [-0.39, 0.29) is 23.8 Å². The highest BCUT2D eigenvalue weighted by molar-refractivity contribution is 7.91. The van der Waals surface area contributed by atoms with Crippen molar-refractivity contribution in [3.8, 4) is 10.4 Å². The van der Waals surface area contributed by atoms with Gasteiger partial charge in [0.25, 0.3) is 10.0 Å². The first-order valence-corrected chi connectivity index (χ1v) is 13.4. The van der Waals surface area contributed by atoms with Crippen LogP contribution < -0.4 is 10.0 Å². The van der Waals surface area contributed by atoms with Crippen LogP contribution in [-0.2, 0) is 25.0 Å². The van der Waals surface area contributed by atoms with E-state index < -0.39 is 33.0 Å². The molecule has 8 nitrogen and oxygen atoms in total. The minimum atomic E-state index is -4.21. The second-order valence-electron chi connectivity index (χ2n) is 8.14. The lowest BCUT2D eigenvalue weighted by atomic mass is 9.90. The number of thiophene rings is 1. The number of rotatable bonds is 9. The third kappa shape index (κ3) is 4.79. The fraction of sp³-hybridized carbons (Fsp3) is 0.250. The van der Waals surface area contributed by atoms with Crippen molar-refractivity contribution < 1.29 is 27.9 Å². The van der Waals surface area contributed by atoms with Gasteiger partial charge in [-0.25, -0.2) is 13.2 Å². The zero-order chi connectivity index (χ0) is 25.3. The van der Waals surface area contributed by atoms with E-state index in [0.717, 1.165) is 16.9 Å². The van der Waals surface area contributed by atoms with E-state index in [1.165, 1.54) is 6.07 Å². The molecule has 0 spiro atoms. The number of halogens is 1. The molecule has 1 aliphatic carbocycles. The second-order valence-corrected chi connectivity index (χ2v) is 11.6. The number of sulfonamides is 1. The molecular weight excluding hydrogens is 512 g/mol. The molecule has 11 heteroatoms. The molecule has 0 bridgehead atoms. The van der Waals surface area contributed by atoms with Gasteiger partial charge in [-0.2, -0.15) is 4.72 Å². The van der Waals surface area contributed by atoms with Crippen LogP contribution in [0.15, 0.2) is 70.9 Å². The van der Waals surface area contributed by atoms with Crippen LogP contribution in [0.4, 0.5) is 4.79 Å². The van der Waals surface area contributed by atoms with Gasteiger partial charge in [0, 0.05) is 21.9 Å². The summed E-state index contributed by atoms with van der Waals surface area (Å²) in [7, 11) is -4.21. The van der Waals surface area contributed by atoms with Crippen LogP contribution in [0.25, 0.3) is 10.4 Å². The molecule has 1 saturated carbocycles. The van der Waals surface area contributed by atoms with E-state index in [2.05, 4.69) is 10.0 Å². The Morgan fingerprint density at radius 1 is 1.09 bits per heavy atom. The van der Waals surface area contributed by atoms with Gasteiger partial charge < -0.3 is 15.2 Å². The standard InChI is InChI=1S/C24H23ClN2O6S2/c1-2-33-22(30)26-15-23(17-6-4-3-5-7-17)14-24(23,21(28)29)27-35(31,32)20-13-12-19(34-20)16-8-10-18(25)11-9-16/h3-13,27H,2,14-15H2,1H3,(H,26,30)(H,28,29)/t23-,24?/m1/s1. The normalized spacial score (nSPS) is 21.3. The summed E-state index contributed by atoms with van der Waals surface area (Å²) in [6.07, 6.45) is -0.747. The van der Waals surface area contributed by atoms with Crippen LogP contribution in [0.1, 0.15) is 18.9 Å². The molecule has 0 radical (unpaired) electrons. The Morgan fingerprint density at radius 2 is 1.77 bits per heavy atom. The number of aliphatic carboxylic acids is 1. The average Bonchev–Trinajstić information content (AvgIpc) is 3.21. The summed E-state index contributed by atoms with van der Waals surface area (Å²) in [6.45, 7) is 1.68. The monoisotopic (exact) mass is 534 g/mol. The minimum absolute atomic E-state index is 0.0183. The van der Waals surface area contributed by atoms with Crippen molar-refractivity contribution in [1.82, 2.24) is 10.0 Å². The molecule has 2 aromatic carbocycles. The Kier molecular flexibility index (Phi) is 6.92. The van der Waals surface area contributed by atoms with Gasteiger partial charge in [-0.15, -0.1) is 11.3 Å². The van der Waals surface area contributed by atoms with E-state index >= 15 is 0 Å². The first kappa shape index (κ1) is 25.2. The average molecular weight is 535 g/mol. The summed E-state index contributed by atoms with van der Waals surface area (Å²) < 4.78 is 34.0. The second kappa shape index (κ2) is 9.62. The summed E-state index contributed by atoms with van der Waals surface area (Å²) in [5.74, 6) is -1.33. The molecule has 35 heavy (non-hydrogen) atoms. The van der Waals surface area contributed by atoms with E-state index in [9.17, 15) is 23.1 Å². The molecule has 1 unspecified atom stereocenters. The van der Waals surface area contributed by atoms with Gasteiger partial charge in [-0.1, -0.05) is 54.1 Å². The lowest BCUT2D eigenvalue weighted by molar-refractivity contribution is -0.140. The van der Waals surface area contributed by atoms with Crippen LogP contribution in [0.3, 0.4) is 0 Å². The first-order valence-electron chi connectivity index (χ1n) is 10.7. The smallest absolute Gasteiger partial charge is 0.407 e. The number of ether oxygens (including phenoxy) is 1. The van der Waals surface area contributed by atoms with Gasteiger partial charge in [0.2, 0.25) is 0 Å². The summed E-state index contributed by atoms with van der Waals surface area (Å²) in [5.41, 5.74) is -1.67. The summed E-state index contributed by atoms with van der Waals surface area (Å²) in [4.78, 5) is 25.2. The molecular formula is C24H23ClN2O6S2. The van der Waals surface area contributed by atoms with Crippen molar-refractivity contribution in [2.45, 2.75) is 28.5 Å². The molecule has 3 N–H and O–H groups in total. The zero-order valence-corrected chi connectivity index (χ0v) is 21.0. The Morgan fingerprint density at radius 3 is 2.40 bits per heavy atom. The lowest BCUT2D eigenvalue weighted by Crippen LogP contribution is -2.51. The van der Waals surface area contributed by atoms with E-state index in [1.54, 1.807) is 67.6 Å². The zero-order valence-electron chi connectivity index (χ0n) is 18.7. The Balaban J connectivity index is 1.66. The van der Waals surface area contributed by atoms with Crippen molar-refractivity contribution in [1.29, 1.82) is 0 Å². The fourth-order valence-corrected chi connectivity index (χ4v) is 7.07. The molecule has 1 aliphatic rings. The van der Waals surface area contributed by atoms with Crippen molar-refractivity contribution in [3.05, 3.63) is 77.3 Å². The number of hydrogen-bond donors (Lipinski definition) is 3. The van der Waals surface area contributed by atoms with Crippen LogP contribution in [0, 0.1) is 0 Å². The third-order valence-electron chi connectivity index (χ3n) is 6.04. The van der Waals surface area contributed by atoms with Crippen molar-refractivity contribution in [2.24, 2.45) is 0 Å². The van der Waals surface area contributed by atoms with Gasteiger partial charge in [0.1, 0.15) is 9.75 Å². The van der Waals surface area contributed by atoms with E-state index in [1.807, 2.05) is 0 Å². The largest absolute Gasteiger partial charge is 0.480 e. The third-order valence-corrected chi connectivity index (χ3v) is 9.42. The lowest BCUT2D eigenvalue weighted by Gasteiger charge is -2.24. The Hall–Kier alpha value is -2.92. The predicted octanol–water partition coefficient (Wildman–Crippen LogP) is 4.26. The first-order chi connectivity index (χ1) is 16.6. The predicted molar refractivity (Wildman–Crippen MR) is 133 cm³/mol. The van der Waals surface area contributed by atoms with Crippen LogP contribution in [0.5, 0.6) is 0 Å². The summed E-state index contributed by atoms with van der Waals surface area (Å²) in [5, 5.41) is 13.4. The highest BCUT2D eigenvalue weighted by atomic mass is 35.5. The number of carbonyl (C=O) groups excluding carboxylic acids is 1. The highest BCUT2D eigenvalue weighted by Gasteiger charge is 2.75. The fourth-order valence-electron chi connectivity index (χ4n) is 4.21. The van der Waals surface area contributed by atoms with Gasteiger partial charge >= 0.3 is 12.1 Å². The summed E-state index contributed by atoms with van der Waals surface area (Å²) in [6, 6.07) is 18.7.